The van der Waals surface area contributed by atoms with Crippen molar-refractivity contribution in [3.63, 3.8) is 0 Å². The summed E-state index contributed by atoms with van der Waals surface area (Å²) in [7, 11) is 0. The summed E-state index contributed by atoms with van der Waals surface area (Å²) in [5.41, 5.74) is 2.22. The van der Waals surface area contributed by atoms with Crippen LogP contribution in [-0.2, 0) is 22.7 Å². The number of carbonyl (C=O) groups is 1. The lowest BCUT2D eigenvalue weighted by molar-refractivity contribution is -0.112. The average Bonchev–Trinajstić information content (AvgIpc) is 3.12. The van der Waals surface area contributed by atoms with Crippen LogP contribution in [0.3, 0.4) is 0 Å². The van der Waals surface area contributed by atoms with E-state index in [1.807, 2.05) is 30.3 Å². The minimum atomic E-state index is -0.602. The van der Waals surface area contributed by atoms with Crippen molar-refractivity contribution < 1.29 is 27.8 Å². The van der Waals surface area contributed by atoms with Crippen molar-refractivity contribution >= 4 is 5.97 Å². The summed E-state index contributed by atoms with van der Waals surface area (Å²) in [6, 6.07) is 13.7. The molecule has 1 aliphatic rings. The van der Waals surface area contributed by atoms with E-state index in [0.29, 0.717) is 28.2 Å². The first-order valence-corrected chi connectivity index (χ1v) is 8.47. The number of furan rings is 1. The molecule has 1 aliphatic heterocycles. The molecule has 0 saturated heterocycles. The van der Waals surface area contributed by atoms with Crippen molar-refractivity contribution in [2.75, 3.05) is 0 Å². The lowest BCUT2D eigenvalue weighted by atomic mass is 10.1. The first kappa shape index (κ1) is 17.3. The van der Waals surface area contributed by atoms with Crippen LogP contribution in [0.2, 0.25) is 0 Å². The van der Waals surface area contributed by atoms with E-state index in [1.54, 1.807) is 6.92 Å². The average molecular weight is 368 g/mol. The molecule has 6 heteroatoms. The highest BCUT2D eigenvalue weighted by atomic mass is 19.1. The van der Waals surface area contributed by atoms with Crippen LogP contribution in [0.15, 0.2) is 59.2 Å². The molecular weight excluding hydrogens is 351 g/mol. The summed E-state index contributed by atoms with van der Waals surface area (Å²) in [6.45, 7) is 1.76. The van der Waals surface area contributed by atoms with Gasteiger partial charge in [0, 0.05) is 16.7 Å². The molecule has 5 nitrogen and oxygen atoms in total. The molecule has 0 fully saturated rings. The van der Waals surface area contributed by atoms with Gasteiger partial charge in [-0.2, -0.15) is 0 Å². The second-order valence-corrected chi connectivity index (χ2v) is 6.19. The Hall–Kier alpha value is -3.12. The molecule has 1 aromatic heterocycles. The molecule has 2 aromatic carbocycles. The number of ether oxygens (including phenoxy) is 3. The Kier molecular flexibility index (Phi) is 4.64. The number of carbonyl (C=O) groups excluding carboxylic acids is 1. The Morgan fingerprint density at radius 2 is 2.04 bits per heavy atom. The highest BCUT2D eigenvalue weighted by Gasteiger charge is 2.26. The van der Waals surface area contributed by atoms with Gasteiger partial charge in [-0.1, -0.05) is 30.3 Å². The van der Waals surface area contributed by atoms with Crippen LogP contribution >= 0.6 is 0 Å². The fourth-order valence-corrected chi connectivity index (χ4v) is 2.98. The van der Waals surface area contributed by atoms with Crippen molar-refractivity contribution in [3.05, 3.63) is 88.6 Å². The molecule has 4 rings (SSSR count). The second kappa shape index (κ2) is 7.25. The highest BCUT2D eigenvalue weighted by molar-refractivity contribution is 5.90. The largest absolute Gasteiger partial charge is 0.469 e. The lowest BCUT2D eigenvalue weighted by Crippen LogP contribution is -2.20. The summed E-state index contributed by atoms with van der Waals surface area (Å²) in [5.74, 6) is -0.0288. The Balaban J connectivity index is 1.56. The zero-order valence-electron chi connectivity index (χ0n) is 14.6. The van der Waals surface area contributed by atoms with Crippen LogP contribution in [0.25, 0.3) is 0 Å². The molecule has 0 bridgehead atoms. The van der Waals surface area contributed by atoms with Crippen molar-refractivity contribution in [1.29, 1.82) is 0 Å². The van der Waals surface area contributed by atoms with Gasteiger partial charge in [-0.15, -0.1) is 0 Å². The number of halogens is 1. The monoisotopic (exact) mass is 368 g/mol. The number of rotatable bonds is 4. The van der Waals surface area contributed by atoms with Gasteiger partial charge in [0.15, 0.2) is 0 Å². The number of benzene rings is 2. The third-order valence-electron chi connectivity index (χ3n) is 4.33. The Bertz CT molecular complexity index is 964. The molecule has 3 aromatic rings. The van der Waals surface area contributed by atoms with Gasteiger partial charge in [-0.25, -0.2) is 9.18 Å². The van der Waals surface area contributed by atoms with Crippen LogP contribution in [0.4, 0.5) is 4.39 Å². The van der Waals surface area contributed by atoms with Crippen LogP contribution in [0.5, 0.6) is 5.75 Å². The van der Waals surface area contributed by atoms with E-state index in [-0.39, 0.29) is 13.2 Å². The maximum Gasteiger partial charge on any atom is 0.342 e. The predicted molar refractivity (Wildman–Crippen MR) is 93.6 cm³/mol. The maximum atomic E-state index is 14.0. The molecular formula is C21H17FO5. The van der Waals surface area contributed by atoms with Crippen molar-refractivity contribution in [2.24, 2.45) is 0 Å². The maximum absolute atomic E-state index is 14.0. The van der Waals surface area contributed by atoms with Gasteiger partial charge < -0.3 is 18.6 Å². The third-order valence-corrected chi connectivity index (χ3v) is 4.33. The second-order valence-electron chi connectivity index (χ2n) is 6.19. The third kappa shape index (κ3) is 3.57. The SMILES string of the molecule is Cc1occc1C(=O)OCc1cc(F)cc2c1O[C@H](c1ccccc1)OC2. The summed E-state index contributed by atoms with van der Waals surface area (Å²) in [5, 5.41) is 0. The minimum absolute atomic E-state index is 0.120. The number of esters is 1. The molecule has 0 radical (unpaired) electrons. The van der Waals surface area contributed by atoms with Crippen molar-refractivity contribution in [3.8, 4) is 5.75 Å². The van der Waals surface area contributed by atoms with E-state index in [4.69, 9.17) is 18.6 Å². The van der Waals surface area contributed by atoms with E-state index in [2.05, 4.69) is 0 Å². The van der Waals surface area contributed by atoms with Gasteiger partial charge in [0.05, 0.1) is 12.9 Å². The number of hydrogen-bond donors (Lipinski definition) is 0. The van der Waals surface area contributed by atoms with Gasteiger partial charge in [-0.05, 0) is 25.1 Å². The smallest absolute Gasteiger partial charge is 0.342 e. The van der Waals surface area contributed by atoms with E-state index in [9.17, 15) is 9.18 Å². The molecule has 0 saturated carbocycles. The van der Waals surface area contributed by atoms with Crippen LogP contribution in [0.1, 0.15) is 39.1 Å². The van der Waals surface area contributed by atoms with E-state index >= 15 is 0 Å². The summed E-state index contributed by atoms with van der Waals surface area (Å²) in [4.78, 5) is 12.2. The Labute approximate surface area is 155 Å². The zero-order valence-corrected chi connectivity index (χ0v) is 14.6. The summed E-state index contributed by atoms with van der Waals surface area (Å²) in [6.07, 6.45) is 0.815. The fraction of sp³-hybridized carbons (Fsp3) is 0.190. The van der Waals surface area contributed by atoms with Gasteiger partial charge in [-0.3, -0.25) is 0 Å². The first-order valence-electron chi connectivity index (χ1n) is 8.47. The Morgan fingerprint density at radius 1 is 1.22 bits per heavy atom. The molecule has 27 heavy (non-hydrogen) atoms. The fourth-order valence-electron chi connectivity index (χ4n) is 2.98. The number of aryl methyl sites for hydroxylation is 1. The normalized spacial score (nSPS) is 15.7. The minimum Gasteiger partial charge on any atom is -0.469 e. The van der Waals surface area contributed by atoms with Crippen LogP contribution < -0.4 is 4.74 Å². The molecule has 1 atom stereocenters. The molecule has 0 unspecified atom stereocenters. The van der Waals surface area contributed by atoms with Gasteiger partial charge in [0.2, 0.25) is 6.29 Å². The number of hydrogen-bond acceptors (Lipinski definition) is 5. The van der Waals surface area contributed by atoms with Crippen molar-refractivity contribution in [2.45, 2.75) is 26.4 Å². The molecule has 2 heterocycles. The van der Waals surface area contributed by atoms with Gasteiger partial charge in [0.1, 0.15) is 29.5 Å². The van der Waals surface area contributed by atoms with Crippen molar-refractivity contribution in [1.82, 2.24) is 0 Å². The van der Waals surface area contributed by atoms with Gasteiger partial charge in [0.25, 0.3) is 0 Å². The molecule has 0 aliphatic carbocycles. The number of fused-ring (bicyclic) bond motifs is 1. The van der Waals surface area contributed by atoms with Gasteiger partial charge >= 0.3 is 5.97 Å². The molecule has 0 N–H and O–H groups in total. The molecule has 138 valence electrons. The van der Waals surface area contributed by atoms with E-state index in [0.717, 1.165) is 5.56 Å². The van der Waals surface area contributed by atoms with Crippen LogP contribution in [-0.4, -0.2) is 5.97 Å². The predicted octanol–water partition coefficient (Wildman–Crippen LogP) is 4.69. The summed E-state index contributed by atoms with van der Waals surface area (Å²) >= 11 is 0. The van der Waals surface area contributed by atoms with E-state index < -0.39 is 18.1 Å². The standard InChI is InChI=1S/C21H17FO5/c1-13-18(7-8-24-13)20(23)25-11-15-9-17(22)10-16-12-26-21(27-19(15)16)14-5-3-2-4-6-14/h2-10,21H,11-12H2,1H3/t21-/m1/s1. The zero-order chi connectivity index (χ0) is 18.8. The Morgan fingerprint density at radius 3 is 2.78 bits per heavy atom. The quantitative estimate of drug-likeness (QED) is 0.625. The molecule has 0 amide bonds. The topological polar surface area (TPSA) is 57.9 Å². The highest BCUT2D eigenvalue weighted by Crippen LogP contribution is 2.36. The van der Waals surface area contributed by atoms with E-state index in [1.165, 1.54) is 24.5 Å². The molecule has 0 spiro atoms. The lowest BCUT2D eigenvalue weighted by Gasteiger charge is -2.28. The summed E-state index contributed by atoms with van der Waals surface area (Å²) < 4.78 is 36.1. The first-order chi connectivity index (χ1) is 13.1. The van der Waals surface area contributed by atoms with Crippen LogP contribution in [0, 0.1) is 12.7 Å².